The molecule has 1 aromatic rings. The minimum absolute atomic E-state index is 0.214. The molecular formula is C12H15F3N2O3. The number of ether oxygens (including phenoxy) is 1. The molecule has 0 radical (unpaired) electrons. The second-order valence-corrected chi connectivity index (χ2v) is 4.45. The molecule has 1 atom stereocenters. The van der Waals surface area contributed by atoms with Crippen LogP contribution in [0.2, 0.25) is 0 Å². The number of nitrogens with zero attached hydrogens (tertiary/aromatic N) is 1. The smallest absolute Gasteiger partial charge is 0.406 e. The third kappa shape index (κ3) is 4.24. The van der Waals surface area contributed by atoms with Crippen molar-refractivity contribution < 1.29 is 27.1 Å². The molecule has 1 aliphatic rings. The Labute approximate surface area is 113 Å². The van der Waals surface area contributed by atoms with Gasteiger partial charge in [-0.3, -0.25) is 4.79 Å². The summed E-state index contributed by atoms with van der Waals surface area (Å²) >= 11 is 0. The summed E-state index contributed by atoms with van der Waals surface area (Å²) in [6.45, 7) is -0.457. The van der Waals surface area contributed by atoms with E-state index in [0.717, 1.165) is 0 Å². The van der Waals surface area contributed by atoms with Crippen LogP contribution in [0.1, 0.15) is 5.76 Å². The van der Waals surface area contributed by atoms with Crippen molar-refractivity contribution in [2.45, 2.75) is 18.8 Å². The quantitative estimate of drug-likeness (QED) is 0.905. The molecule has 0 spiro atoms. The van der Waals surface area contributed by atoms with Crippen LogP contribution in [0.4, 0.5) is 13.2 Å². The summed E-state index contributed by atoms with van der Waals surface area (Å²) in [6.07, 6.45) is -4.00. The van der Waals surface area contributed by atoms with Crippen molar-refractivity contribution in [2.75, 3.05) is 26.2 Å². The van der Waals surface area contributed by atoms with Crippen LogP contribution in [-0.2, 0) is 16.1 Å². The number of carbonyl (C=O) groups is 1. The first-order valence-electron chi connectivity index (χ1n) is 6.16. The lowest BCUT2D eigenvalue weighted by Crippen LogP contribution is -2.51. The Morgan fingerprint density at radius 3 is 2.85 bits per heavy atom. The van der Waals surface area contributed by atoms with Crippen LogP contribution in [0.15, 0.2) is 22.8 Å². The van der Waals surface area contributed by atoms with E-state index < -0.39 is 24.7 Å². The Morgan fingerprint density at radius 1 is 1.50 bits per heavy atom. The van der Waals surface area contributed by atoms with Crippen LogP contribution in [0.5, 0.6) is 0 Å². The first kappa shape index (κ1) is 14.9. The van der Waals surface area contributed by atoms with Crippen molar-refractivity contribution >= 4 is 5.91 Å². The van der Waals surface area contributed by atoms with Gasteiger partial charge in [0.25, 0.3) is 5.91 Å². The van der Waals surface area contributed by atoms with Gasteiger partial charge in [-0.15, -0.1) is 0 Å². The lowest BCUT2D eigenvalue weighted by atomic mass is 10.2. The molecule has 0 aromatic carbocycles. The normalized spacial score (nSPS) is 19.9. The number of halogens is 3. The fraction of sp³-hybridized carbons (Fsp3) is 0.583. The van der Waals surface area contributed by atoms with Gasteiger partial charge in [-0.1, -0.05) is 0 Å². The Hall–Kier alpha value is -1.54. The van der Waals surface area contributed by atoms with Gasteiger partial charge in [0.15, 0.2) is 0 Å². The van der Waals surface area contributed by atoms with Gasteiger partial charge in [0, 0.05) is 13.1 Å². The summed E-state index contributed by atoms with van der Waals surface area (Å²) in [7, 11) is 0. The first-order valence-corrected chi connectivity index (χ1v) is 6.16. The van der Waals surface area contributed by atoms with Crippen molar-refractivity contribution in [1.82, 2.24) is 10.2 Å². The second-order valence-electron chi connectivity index (χ2n) is 4.45. The fourth-order valence-corrected chi connectivity index (χ4v) is 1.95. The zero-order chi connectivity index (χ0) is 14.6. The molecule has 5 nitrogen and oxygen atoms in total. The van der Waals surface area contributed by atoms with E-state index in [9.17, 15) is 18.0 Å². The first-order chi connectivity index (χ1) is 9.46. The number of alkyl halides is 3. The van der Waals surface area contributed by atoms with Crippen molar-refractivity contribution in [3.05, 3.63) is 24.2 Å². The minimum Gasteiger partial charge on any atom is -0.467 e. The number of morpholine rings is 1. The number of rotatable bonds is 4. The minimum atomic E-state index is -4.47. The maximum absolute atomic E-state index is 12.6. The number of hydrogen-bond acceptors (Lipinski definition) is 4. The van der Waals surface area contributed by atoms with Crippen LogP contribution in [0.3, 0.4) is 0 Å². The third-order valence-electron chi connectivity index (χ3n) is 2.81. The van der Waals surface area contributed by atoms with Crippen molar-refractivity contribution in [1.29, 1.82) is 0 Å². The standard InChI is InChI=1S/C12H15F3N2O3/c13-12(14,15)8-17(7-9-2-1-4-19-9)11(18)10-6-16-3-5-20-10/h1-2,4,10,16H,3,5-8H2. The lowest BCUT2D eigenvalue weighted by Gasteiger charge is -2.29. The molecule has 2 heterocycles. The van der Waals surface area contributed by atoms with Crippen molar-refractivity contribution in [3.8, 4) is 0 Å². The average molecular weight is 292 g/mol. The molecule has 1 fully saturated rings. The Balaban J connectivity index is 2.06. The second kappa shape index (κ2) is 6.27. The van der Waals surface area contributed by atoms with E-state index >= 15 is 0 Å². The zero-order valence-electron chi connectivity index (χ0n) is 10.7. The van der Waals surface area contributed by atoms with Crippen molar-refractivity contribution in [3.63, 3.8) is 0 Å². The van der Waals surface area contributed by atoms with Gasteiger partial charge >= 0.3 is 6.18 Å². The van der Waals surface area contributed by atoms with Crippen LogP contribution in [0.25, 0.3) is 0 Å². The Bertz CT molecular complexity index is 428. The molecule has 0 bridgehead atoms. The third-order valence-corrected chi connectivity index (χ3v) is 2.81. The largest absolute Gasteiger partial charge is 0.467 e. The molecule has 20 heavy (non-hydrogen) atoms. The predicted molar refractivity (Wildman–Crippen MR) is 62.8 cm³/mol. The number of furan rings is 1. The van der Waals surface area contributed by atoms with E-state index in [1.807, 2.05) is 0 Å². The molecule has 1 unspecified atom stereocenters. The average Bonchev–Trinajstić information content (AvgIpc) is 2.89. The van der Waals surface area contributed by atoms with E-state index in [1.165, 1.54) is 12.3 Å². The molecule has 1 aliphatic heterocycles. The topological polar surface area (TPSA) is 54.7 Å². The Morgan fingerprint density at radius 2 is 2.30 bits per heavy atom. The molecular weight excluding hydrogens is 277 g/mol. The monoisotopic (exact) mass is 292 g/mol. The van der Waals surface area contributed by atoms with Crippen molar-refractivity contribution in [2.24, 2.45) is 0 Å². The highest BCUT2D eigenvalue weighted by atomic mass is 19.4. The van der Waals surface area contributed by atoms with Crippen LogP contribution < -0.4 is 5.32 Å². The summed E-state index contributed by atoms with van der Waals surface area (Å²) in [6, 6.07) is 3.08. The van der Waals surface area contributed by atoms with Crippen LogP contribution >= 0.6 is 0 Å². The van der Waals surface area contributed by atoms with Gasteiger partial charge in [-0.2, -0.15) is 13.2 Å². The molecule has 8 heteroatoms. The predicted octanol–water partition coefficient (Wildman–Crippen LogP) is 1.16. The molecule has 2 rings (SSSR count). The van der Waals surface area contributed by atoms with Gasteiger partial charge in [0.1, 0.15) is 18.4 Å². The number of nitrogens with one attached hydrogen (secondary N) is 1. The zero-order valence-corrected chi connectivity index (χ0v) is 10.7. The number of carbonyl (C=O) groups excluding carboxylic acids is 1. The van der Waals surface area contributed by atoms with E-state index in [4.69, 9.17) is 9.15 Å². The molecule has 1 N–H and O–H groups in total. The lowest BCUT2D eigenvalue weighted by molar-refractivity contribution is -0.170. The number of amides is 1. The van der Waals surface area contributed by atoms with Crippen LogP contribution in [-0.4, -0.2) is 49.3 Å². The molecule has 1 saturated heterocycles. The molecule has 0 aliphatic carbocycles. The van der Waals surface area contributed by atoms with Gasteiger partial charge in [0.2, 0.25) is 0 Å². The summed E-state index contributed by atoms with van der Waals surface area (Å²) in [5.41, 5.74) is 0. The molecule has 112 valence electrons. The van der Waals surface area contributed by atoms with Gasteiger partial charge < -0.3 is 19.4 Å². The fourth-order valence-electron chi connectivity index (χ4n) is 1.95. The van der Waals surface area contributed by atoms with Gasteiger partial charge in [0.05, 0.1) is 19.4 Å². The van der Waals surface area contributed by atoms with E-state index in [1.54, 1.807) is 6.07 Å². The summed E-state index contributed by atoms with van der Waals surface area (Å²) in [5, 5.41) is 2.92. The summed E-state index contributed by atoms with van der Waals surface area (Å²) in [5.74, 6) is -0.391. The maximum Gasteiger partial charge on any atom is 0.406 e. The molecule has 1 amide bonds. The van der Waals surface area contributed by atoms with Gasteiger partial charge in [-0.05, 0) is 12.1 Å². The molecule has 1 aromatic heterocycles. The van der Waals surface area contributed by atoms with Crippen LogP contribution in [0, 0.1) is 0 Å². The Kier molecular flexibility index (Phi) is 4.66. The SMILES string of the molecule is O=C(C1CNCCO1)N(Cc1ccco1)CC(F)(F)F. The van der Waals surface area contributed by atoms with Gasteiger partial charge in [-0.25, -0.2) is 0 Å². The maximum atomic E-state index is 12.6. The highest BCUT2D eigenvalue weighted by molar-refractivity contribution is 5.81. The van der Waals surface area contributed by atoms with E-state index in [2.05, 4.69) is 5.32 Å². The summed E-state index contributed by atoms with van der Waals surface area (Å²) in [4.78, 5) is 12.8. The number of hydrogen-bond donors (Lipinski definition) is 1. The van der Waals surface area contributed by atoms with E-state index in [-0.39, 0.29) is 13.1 Å². The molecule has 0 saturated carbocycles. The highest BCUT2D eigenvalue weighted by Crippen LogP contribution is 2.19. The highest BCUT2D eigenvalue weighted by Gasteiger charge is 2.36. The van der Waals surface area contributed by atoms with E-state index in [0.29, 0.717) is 23.8 Å². The summed E-state index contributed by atoms with van der Waals surface area (Å²) < 4.78 is 47.9.